The Morgan fingerprint density at radius 1 is 1.40 bits per heavy atom. The van der Waals surface area contributed by atoms with Gasteiger partial charge in [-0.15, -0.1) is 0 Å². The highest BCUT2D eigenvalue weighted by Gasteiger charge is 2.20. The van der Waals surface area contributed by atoms with Crippen LogP contribution in [0.4, 0.5) is 0 Å². The van der Waals surface area contributed by atoms with Crippen molar-refractivity contribution in [1.29, 1.82) is 0 Å². The molecule has 0 spiro atoms. The third-order valence-electron chi connectivity index (χ3n) is 1.95. The molecule has 1 N–H and O–H groups in total. The van der Waals surface area contributed by atoms with E-state index in [4.69, 9.17) is 27.8 Å². The second kappa shape index (κ2) is 4.65. The summed E-state index contributed by atoms with van der Waals surface area (Å²) in [5.74, 6) is 0. The van der Waals surface area contributed by atoms with Gasteiger partial charge in [-0.2, -0.15) is 8.42 Å². The molecule has 7 heteroatoms. The molecule has 1 rings (SSSR count). The Morgan fingerprint density at radius 3 is 2.27 bits per heavy atom. The van der Waals surface area contributed by atoms with Crippen molar-refractivity contribution in [3.8, 4) is 0 Å². The van der Waals surface area contributed by atoms with E-state index in [1.54, 1.807) is 0 Å². The summed E-state index contributed by atoms with van der Waals surface area (Å²) >= 11 is 11.6. The molecule has 0 aliphatic carbocycles. The van der Waals surface area contributed by atoms with Crippen LogP contribution in [0.15, 0.2) is 12.4 Å². The van der Waals surface area contributed by atoms with E-state index in [0.717, 1.165) is 0 Å². The van der Waals surface area contributed by atoms with Crippen molar-refractivity contribution >= 4 is 33.3 Å². The Kier molecular flexibility index (Phi) is 3.94. The normalized spacial score (nSPS) is 13.9. The molecule has 0 saturated carbocycles. The third kappa shape index (κ3) is 3.31. The molecule has 1 heterocycles. The monoisotopic (exact) mass is 269 g/mol. The molecule has 4 nitrogen and oxygen atoms in total. The van der Waals surface area contributed by atoms with Gasteiger partial charge in [0, 0.05) is 12.4 Å². The maximum atomic E-state index is 10.8. The first-order chi connectivity index (χ1) is 6.82. The Labute approximate surface area is 98.0 Å². The largest absolute Gasteiger partial charge is 0.285 e. The van der Waals surface area contributed by atoms with Crippen molar-refractivity contribution in [2.24, 2.45) is 0 Å². The van der Waals surface area contributed by atoms with E-state index < -0.39 is 15.4 Å². The number of pyridine rings is 1. The maximum Gasteiger partial charge on any atom is 0.267 e. The molecule has 0 bridgehead atoms. The van der Waals surface area contributed by atoms with Gasteiger partial charge >= 0.3 is 0 Å². The lowest BCUT2D eigenvalue weighted by atomic mass is 10.1. The summed E-state index contributed by atoms with van der Waals surface area (Å²) in [4.78, 5) is 3.74. The van der Waals surface area contributed by atoms with Crippen LogP contribution in [0.25, 0.3) is 0 Å². The zero-order valence-electron chi connectivity index (χ0n) is 7.81. The average molecular weight is 270 g/mol. The number of aromatic nitrogens is 1. The number of halogens is 2. The summed E-state index contributed by atoms with van der Waals surface area (Å²) in [6, 6.07) is 0. The molecule has 15 heavy (non-hydrogen) atoms. The maximum absolute atomic E-state index is 10.8. The van der Waals surface area contributed by atoms with Crippen LogP contribution in [-0.2, 0) is 16.5 Å². The molecule has 0 saturated heterocycles. The Hall–Kier alpha value is -0.360. The van der Waals surface area contributed by atoms with Gasteiger partial charge in [-0.3, -0.25) is 9.54 Å². The summed E-state index contributed by atoms with van der Waals surface area (Å²) in [5, 5.41) is -0.370. The predicted molar refractivity (Wildman–Crippen MR) is 59.0 cm³/mol. The van der Waals surface area contributed by atoms with Gasteiger partial charge in [0.1, 0.15) is 0 Å². The third-order valence-corrected chi connectivity index (χ3v) is 3.79. The molecule has 0 aliphatic rings. The van der Waals surface area contributed by atoms with Crippen LogP contribution in [0.2, 0.25) is 10.0 Å². The fourth-order valence-electron chi connectivity index (χ4n) is 1.03. The minimum atomic E-state index is -4.07. The number of hydrogen-bond acceptors (Lipinski definition) is 3. The molecule has 1 aromatic heterocycles. The van der Waals surface area contributed by atoms with Crippen LogP contribution in [0.1, 0.15) is 12.5 Å². The lowest BCUT2D eigenvalue weighted by molar-refractivity contribution is 0.469. The minimum Gasteiger partial charge on any atom is -0.285 e. The van der Waals surface area contributed by atoms with E-state index in [1.165, 1.54) is 19.3 Å². The Morgan fingerprint density at radius 2 is 1.87 bits per heavy atom. The Bertz CT molecular complexity index is 441. The molecule has 0 amide bonds. The summed E-state index contributed by atoms with van der Waals surface area (Å²) in [7, 11) is -4.07. The van der Waals surface area contributed by atoms with Gasteiger partial charge in [0.05, 0.1) is 15.3 Å². The molecule has 84 valence electrons. The average Bonchev–Trinajstić information content (AvgIpc) is 2.09. The number of rotatable bonds is 3. The van der Waals surface area contributed by atoms with Gasteiger partial charge in [-0.1, -0.05) is 23.2 Å². The van der Waals surface area contributed by atoms with Crippen LogP contribution in [0.5, 0.6) is 0 Å². The smallest absolute Gasteiger partial charge is 0.267 e. The molecule has 0 aromatic carbocycles. The van der Waals surface area contributed by atoms with E-state index in [9.17, 15) is 8.42 Å². The molecule has 0 aliphatic heterocycles. The quantitative estimate of drug-likeness (QED) is 0.855. The molecule has 1 aromatic rings. The van der Waals surface area contributed by atoms with Gasteiger partial charge in [0.15, 0.2) is 0 Å². The summed E-state index contributed by atoms with van der Waals surface area (Å²) in [6.07, 6.45) is 2.80. The lowest BCUT2D eigenvalue weighted by Crippen LogP contribution is -2.19. The fraction of sp³-hybridized carbons (Fsp3) is 0.375. The van der Waals surface area contributed by atoms with Crippen LogP contribution >= 0.6 is 23.2 Å². The molecule has 0 radical (unpaired) electrons. The topological polar surface area (TPSA) is 67.3 Å². The van der Waals surface area contributed by atoms with Crippen molar-refractivity contribution in [2.75, 3.05) is 0 Å². The van der Waals surface area contributed by atoms with Gasteiger partial charge in [0.2, 0.25) is 0 Å². The van der Waals surface area contributed by atoms with Crippen molar-refractivity contribution in [3.05, 3.63) is 28.0 Å². The summed E-state index contributed by atoms with van der Waals surface area (Å²) in [6.45, 7) is 1.38. The molecule has 0 unspecified atom stereocenters. The first-order valence-electron chi connectivity index (χ1n) is 4.06. The summed E-state index contributed by atoms with van der Waals surface area (Å²) < 4.78 is 30.4. The van der Waals surface area contributed by atoms with Gasteiger partial charge in [-0.25, -0.2) is 0 Å². The van der Waals surface area contributed by atoms with Crippen molar-refractivity contribution in [2.45, 2.75) is 18.6 Å². The van der Waals surface area contributed by atoms with E-state index in [2.05, 4.69) is 4.98 Å². The zero-order chi connectivity index (χ0) is 11.6. The van der Waals surface area contributed by atoms with E-state index in [-0.39, 0.29) is 16.5 Å². The minimum absolute atomic E-state index is 0.0546. The van der Waals surface area contributed by atoms with Crippen molar-refractivity contribution in [3.63, 3.8) is 0 Å². The van der Waals surface area contributed by atoms with Gasteiger partial charge in [-0.05, 0) is 18.9 Å². The SMILES string of the molecule is C[C@H](Cc1c(Cl)cncc1Cl)S(=O)(=O)O. The van der Waals surface area contributed by atoms with Crippen molar-refractivity contribution < 1.29 is 13.0 Å². The number of hydrogen-bond donors (Lipinski definition) is 1. The lowest BCUT2D eigenvalue weighted by Gasteiger charge is -2.10. The van der Waals surface area contributed by atoms with Crippen LogP contribution < -0.4 is 0 Å². The van der Waals surface area contributed by atoms with Gasteiger partial charge in [0.25, 0.3) is 10.1 Å². The van der Waals surface area contributed by atoms with E-state index in [1.807, 2.05) is 0 Å². The standard InChI is InChI=1S/C8H9Cl2NO3S/c1-5(15(12,13)14)2-6-7(9)3-11-4-8(6)10/h3-5H,2H2,1H3,(H,12,13,14)/t5-/m1/s1. The number of nitrogens with zero attached hydrogens (tertiary/aromatic N) is 1. The van der Waals surface area contributed by atoms with Gasteiger partial charge < -0.3 is 0 Å². The van der Waals surface area contributed by atoms with Crippen LogP contribution in [0, 0.1) is 0 Å². The molecular formula is C8H9Cl2NO3S. The predicted octanol–water partition coefficient (Wildman–Crippen LogP) is 2.21. The van der Waals surface area contributed by atoms with Crippen LogP contribution in [0.3, 0.4) is 0 Å². The highest BCUT2D eigenvalue weighted by atomic mass is 35.5. The molecule has 1 atom stereocenters. The van der Waals surface area contributed by atoms with E-state index >= 15 is 0 Å². The van der Waals surface area contributed by atoms with E-state index in [0.29, 0.717) is 5.56 Å². The fourth-order valence-corrected chi connectivity index (χ4v) is 1.92. The van der Waals surface area contributed by atoms with Crippen LogP contribution in [-0.4, -0.2) is 23.2 Å². The zero-order valence-corrected chi connectivity index (χ0v) is 10.1. The highest BCUT2D eigenvalue weighted by molar-refractivity contribution is 7.86. The second-order valence-corrected chi connectivity index (χ2v) is 5.76. The second-order valence-electron chi connectivity index (χ2n) is 3.11. The summed E-state index contributed by atoms with van der Waals surface area (Å²) in [5.41, 5.74) is 0.471. The molecule has 0 fully saturated rings. The van der Waals surface area contributed by atoms with Crippen molar-refractivity contribution in [1.82, 2.24) is 4.98 Å². The highest BCUT2D eigenvalue weighted by Crippen LogP contribution is 2.25. The first-order valence-corrected chi connectivity index (χ1v) is 6.32. The molecular weight excluding hydrogens is 261 g/mol. The Balaban J connectivity index is 3.00. The first kappa shape index (κ1) is 12.7.